The van der Waals surface area contributed by atoms with E-state index in [1.54, 1.807) is 29.7 Å². The fourth-order valence-corrected chi connectivity index (χ4v) is 3.18. The molecule has 21 heavy (non-hydrogen) atoms. The summed E-state index contributed by atoms with van der Waals surface area (Å²) in [5, 5.41) is 0. The zero-order valence-corrected chi connectivity index (χ0v) is 12.1. The van der Waals surface area contributed by atoms with Gasteiger partial charge in [0.05, 0.1) is 10.6 Å². The number of hydrogen-bond acceptors (Lipinski definition) is 4. The summed E-state index contributed by atoms with van der Waals surface area (Å²) in [4.78, 5) is 4.48. The lowest BCUT2D eigenvalue weighted by Gasteiger charge is -2.09. The van der Waals surface area contributed by atoms with Crippen LogP contribution in [0.25, 0.3) is 5.65 Å². The van der Waals surface area contributed by atoms with Gasteiger partial charge in [-0.2, -0.15) is 0 Å². The minimum absolute atomic E-state index is 0.155. The molecule has 108 valence electrons. The molecule has 0 atom stereocenters. The largest absolute Gasteiger partial charge is 0.399 e. The number of hydrogen-bond donors (Lipinski definition) is 2. The molecule has 0 unspecified atom stereocenters. The number of imidazole rings is 1. The molecule has 0 spiro atoms. The average Bonchev–Trinajstić information content (AvgIpc) is 2.75. The lowest BCUT2D eigenvalue weighted by Crippen LogP contribution is -2.15. The van der Waals surface area contributed by atoms with Crippen molar-refractivity contribution >= 4 is 27.2 Å². The molecule has 3 N–H and O–H groups in total. The third-order valence-electron chi connectivity index (χ3n) is 3.13. The summed E-state index contributed by atoms with van der Waals surface area (Å²) in [5.74, 6) is 0.433. The van der Waals surface area contributed by atoms with Crippen LogP contribution in [0, 0.1) is 6.92 Å². The number of aromatic nitrogens is 2. The smallest absolute Gasteiger partial charge is 0.263 e. The third kappa shape index (κ3) is 2.43. The Balaban J connectivity index is 2.05. The van der Waals surface area contributed by atoms with Gasteiger partial charge in [0.15, 0.2) is 0 Å². The van der Waals surface area contributed by atoms with Crippen molar-refractivity contribution in [1.82, 2.24) is 9.38 Å². The van der Waals surface area contributed by atoms with Crippen LogP contribution in [0.15, 0.2) is 53.6 Å². The maximum absolute atomic E-state index is 12.4. The van der Waals surface area contributed by atoms with Gasteiger partial charge < -0.3 is 5.73 Å². The van der Waals surface area contributed by atoms with Crippen molar-refractivity contribution in [3.8, 4) is 0 Å². The quantitative estimate of drug-likeness (QED) is 0.724. The highest BCUT2D eigenvalue weighted by molar-refractivity contribution is 7.92. The number of sulfonamides is 1. The first-order chi connectivity index (χ1) is 9.97. The molecular formula is C14H14N4O2S. The number of nitrogens with one attached hydrogen (secondary N) is 1. The van der Waals surface area contributed by atoms with Crippen molar-refractivity contribution in [3.63, 3.8) is 0 Å². The average molecular weight is 302 g/mol. The number of nitrogens with two attached hydrogens (primary N) is 1. The maximum atomic E-state index is 12.4. The molecule has 3 rings (SSSR count). The second kappa shape index (κ2) is 4.78. The van der Waals surface area contributed by atoms with Gasteiger partial charge in [0.25, 0.3) is 10.0 Å². The van der Waals surface area contributed by atoms with Crippen LogP contribution < -0.4 is 10.5 Å². The topological polar surface area (TPSA) is 89.5 Å². The summed E-state index contributed by atoms with van der Waals surface area (Å²) in [5.41, 5.74) is 7.39. The molecule has 0 fully saturated rings. The molecule has 0 radical (unpaired) electrons. The molecule has 0 aliphatic carbocycles. The molecule has 0 bridgehead atoms. The Hall–Kier alpha value is -2.54. The molecule has 1 aromatic carbocycles. The van der Waals surface area contributed by atoms with Crippen LogP contribution in [-0.4, -0.2) is 17.8 Å². The van der Waals surface area contributed by atoms with E-state index in [9.17, 15) is 8.42 Å². The van der Waals surface area contributed by atoms with Crippen LogP contribution in [0.4, 0.5) is 11.5 Å². The highest BCUT2D eigenvalue weighted by Crippen LogP contribution is 2.21. The third-order valence-corrected chi connectivity index (χ3v) is 4.48. The summed E-state index contributed by atoms with van der Waals surface area (Å²) in [6, 6.07) is 11.5. The van der Waals surface area contributed by atoms with Gasteiger partial charge in [0, 0.05) is 11.9 Å². The van der Waals surface area contributed by atoms with E-state index in [2.05, 4.69) is 9.71 Å². The number of anilines is 2. The Morgan fingerprint density at radius 3 is 2.57 bits per heavy atom. The fourth-order valence-electron chi connectivity index (χ4n) is 2.07. The Bertz CT molecular complexity index is 898. The summed E-state index contributed by atoms with van der Waals surface area (Å²) >= 11 is 0. The first kappa shape index (κ1) is 13.4. The minimum atomic E-state index is -3.68. The maximum Gasteiger partial charge on any atom is 0.263 e. The number of aryl methyl sites for hydroxylation is 1. The van der Waals surface area contributed by atoms with E-state index in [1.807, 2.05) is 18.2 Å². The van der Waals surface area contributed by atoms with Crippen LogP contribution in [0.2, 0.25) is 0 Å². The lowest BCUT2D eigenvalue weighted by atomic mass is 10.3. The molecule has 0 amide bonds. The molecule has 0 saturated carbocycles. The molecule has 6 nitrogen and oxygen atoms in total. The van der Waals surface area contributed by atoms with Gasteiger partial charge >= 0.3 is 0 Å². The normalized spacial score (nSPS) is 11.7. The number of benzene rings is 1. The number of pyridine rings is 1. The van der Waals surface area contributed by atoms with Crippen molar-refractivity contribution < 1.29 is 8.42 Å². The van der Waals surface area contributed by atoms with E-state index in [0.29, 0.717) is 22.8 Å². The van der Waals surface area contributed by atoms with Crippen LogP contribution in [0.1, 0.15) is 5.69 Å². The molecule has 7 heteroatoms. The predicted octanol–water partition coefficient (Wildman–Crippen LogP) is 2.03. The molecular weight excluding hydrogens is 288 g/mol. The van der Waals surface area contributed by atoms with Gasteiger partial charge in [-0.1, -0.05) is 6.07 Å². The van der Waals surface area contributed by atoms with Gasteiger partial charge in [-0.15, -0.1) is 0 Å². The van der Waals surface area contributed by atoms with Crippen LogP contribution in [0.5, 0.6) is 0 Å². The van der Waals surface area contributed by atoms with Gasteiger partial charge in [-0.3, -0.25) is 9.12 Å². The molecule has 0 saturated heterocycles. The molecule has 0 aliphatic rings. The second-order valence-corrected chi connectivity index (χ2v) is 6.33. The molecule has 2 aromatic heterocycles. The van der Waals surface area contributed by atoms with Gasteiger partial charge in [-0.25, -0.2) is 13.4 Å². The number of fused-ring (bicyclic) bond motifs is 1. The molecule has 3 aromatic rings. The summed E-state index contributed by atoms with van der Waals surface area (Å²) in [7, 11) is -3.68. The molecule has 2 heterocycles. The Morgan fingerprint density at radius 2 is 1.86 bits per heavy atom. The lowest BCUT2D eigenvalue weighted by molar-refractivity contribution is 0.601. The number of rotatable bonds is 3. The van der Waals surface area contributed by atoms with Crippen molar-refractivity contribution in [1.29, 1.82) is 0 Å². The Morgan fingerprint density at radius 1 is 1.14 bits per heavy atom. The zero-order chi connectivity index (χ0) is 15.0. The van der Waals surface area contributed by atoms with E-state index in [1.165, 1.54) is 12.1 Å². The van der Waals surface area contributed by atoms with Crippen LogP contribution >= 0.6 is 0 Å². The van der Waals surface area contributed by atoms with E-state index < -0.39 is 10.0 Å². The SMILES string of the molecule is Cc1nc2ccccn2c1NS(=O)(=O)c1ccc(N)cc1. The zero-order valence-electron chi connectivity index (χ0n) is 11.3. The summed E-state index contributed by atoms with van der Waals surface area (Å²) in [6.45, 7) is 1.76. The standard InChI is InChI=1S/C14H14N4O2S/c1-10-14(18-9-3-2-4-13(18)16-10)17-21(19,20)12-7-5-11(15)6-8-12/h2-9,17H,15H2,1H3. The van der Waals surface area contributed by atoms with E-state index in [4.69, 9.17) is 5.73 Å². The van der Waals surface area contributed by atoms with Gasteiger partial charge in [-0.05, 0) is 43.3 Å². The highest BCUT2D eigenvalue weighted by Gasteiger charge is 2.18. The van der Waals surface area contributed by atoms with Crippen molar-refractivity contribution in [3.05, 3.63) is 54.4 Å². The van der Waals surface area contributed by atoms with Crippen LogP contribution in [0.3, 0.4) is 0 Å². The second-order valence-electron chi connectivity index (χ2n) is 4.65. The first-order valence-electron chi connectivity index (χ1n) is 6.29. The van der Waals surface area contributed by atoms with E-state index in [0.717, 1.165) is 0 Å². The summed E-state index contributed by atoms with van der Waals surface area (Å²) < 4.78 is 29.1. The van der Waals surface area contributed by atoms with E-state index in [-0.39, 0.29) is 4.90 Å². The van der Waals surface area contributed by atoms with Gasteiger partial charge in [0.2, 0.25) is 0 Å². The van der Waals surface area contributed by atoms with Crippen molar-refractivity contribution in [2.45, 2.75) is 11.8 Å². The van der Waals surface area contributed by atoms with Crippen molar-refractivity contribution in [2.24, 2.45) is 0 Å². The monoisotopic (exact) mass is 302 g/mol. The molecule has 0 aliphatic heterocycles. The number of nitrogens with zero attached hydrogens (tertiary/aromatic N) is 2. The first-order valence-corrected chi connectivity index (χ1v) is 7.78. The predicted molar refractivity (Wildman–Crippen MR) is 81.6 cm³/mol. The van der Waals surface area contributed by atoms with Gasteiger partial charge in [0.1, 0.15) is 11.5 Å². The highest BCUT2D eigenvalue weighted by atomic mass is 32.2. The Kier molecular flexibility index (Phi) is 3.06. The van der Waals surface area contributed by atoms with Crippen LogP contribution in [-0.2, 0) is 10.0 Å². The minimum Gasteiger partial charge on any atom is -0.399 e. The fraction of sp³-hybridized carbons (Fsp3) is 0.0714. The summed E-state index contributed by atoms with van der Waals surface area (Å²) in [6.07, 6.45) is 1.76. The van der Waals surface area contributed by atoms with Crippen molar-refractivity contribution in [2.75, 3.05) is 10.5 Å². The number of nitrogen functional groups attached to an aromatic ring is 1. The van der Waals surface area contributed by atoms with E-state index >= 15 is 0 Å². The Labute approximate surface area is 122 Å².